The number of hydrogen-bond acceptors (Lipinski definition) is 3. The molecule has 4 nitrogen and oxygen atoms in total. The Kier molecular flexibility index (Phi) is 2.28. The fraction of sp³-hybridized carbons (Fsp3) is 0.500. The summed E-state index contributed by atoms with van der Waals surface area (Å²) in [5, 5.41) is 0. The first-order chi connectivity index (χ1) is 5.57. The van der Waals surface area contributed by atoms with Crippen LogP contribution >= 0.6 is 0 Å². The van der Waals surface area contributed by atoms with Gasteiger partial charge in [-0.25, -0.2) is 4.99 Å². The summed E-state index contributed by atoms with van der Waals surface area (Å²) in [4.78, 5) is 16.9. The van der Waals surface area contributed by atoms with E-state index in [1.807, 2.05) is 6.92 Å². The van der Waals surface area contributed by atoms with Gasteiger partial charge < -0.3 is 5.73 Å². The standard InChI is InChI=1S/C8H13N3O/c1-4-11-7(5(2)9)10-6(3)8(11)12/h5H,3-4,9H2,1-2H3. The van der Waals surface area contributed by atoms with Gasteiger partial charge in [-0.1, -0.05) is 6.58 Å². The molecule has 1 aliphatic heterocycles. The summed E-state index contributed by atoms with van der Waals surface area (Å²) >= 11 is 0. The Morgan fingerprint density at radius 1 is 1.75 bits per heavy atom. The molecule has 1 heterocycles. The quantitative estimate of drug-likeness (QED) is 0.593. The van der Waals surface area contributed by atoms with Gasteiger partial charge >= 0.3 is 0 Å². The first kappa shape index (κ1) is 8.93. The Balaban J connectivity index is 2.93. The predicted molar refractivity (Wildman–Crippen MR) is 47.6 cm³/mol. The van der Waals surface area contributed by atoms with Crippen molar-refractivity contribution >= 4 is 11.7 Å². The smallest absolute Gasteiger partial charge is 0.277 e. The van der Waals surface area contributed by atoms with Gasteiger partial charge in [-0.2, -0.15) is 0 Å². The molecule has 0 aromatic carbocycles. The van der Waals surface area contributed by atoms with Crippen molar-refractivity contribution in [2.75, 3.05) is 6.54 Å². The van der Waals surface area contributed by atoms with Crippen molar-refractivity contribution < 1.29 is 4.79 Å². The molecular weight excluding hydrogens is 154 g/mol. The molecule has 12 heavy (non-hydrogen) atoms. The van der Waals surface area contributed by atoms with Gasteiger partial charge in [0.1, 0.15) is 11.5 Å². The molecule has 0 bridgehead atoms. The van der Waals surface area contributed by atoms with Gasteiger partial charge in [0, 0.05) is 6.54 Å². The highest BCUT2D eigenvalue weighted by Crippen LogP contribution is 2.13. The van der Waals surface area contributed by atoms with Crippen LogP contribution in [0.25, 0.3) is 0 Å². The third-order valence-electron chi connectivity index (χ3n) is 1.74. The van der Waals surface area contributed by atoms with Gasteiger partial charge in [-0.05, 0) is 13.8 Å². The average Bonchev–Trinajstić information content (AvgIpc) is 2.29. The Bertz CT molecular complexity index is 255. The van der Waals surface area contributed by atoms with Crippen molar-refractivity contribution in [1.82, 2.24) is 4.90 Å². The highest BCUT2D eigenvalue weighted by Gasteiger charge is 2.28. The molecule has 1 unspecified atom stereocenters. The number of nitrogens with two attached hydrogens (primary N) is 1. The normalized spacial score (nSPS) is 19.9. The Morgan fingerprint density at radius 2 is 2.33 bits per heavy atom. The third-order valence-corrected chi connectivity index (χ3v) is 1.74. The second-order valence-corrected chi connectivity index (χ2v) is 2.75. The number of rotatable bonds is 2. The van der Waals surface area contributed by atoms with Crippen molar-refractivity contribution in [2.45, 2.75) is 19.9 Å². The van der Waals surface area contributed by atoms with E-state index in [-0.39, 0.29) is 17.6 Å². The van der Waals surface area contributed by atoms with Gasteiger partial charge in [-0.15, -0.1) is 0 Å². The number of nitrogens with zero attached hydrogens (tertiary/aromatic N) is 2. The molecule has 0 fully saturated rings. The van der Waals surface area contributed by atoms with Crippen molar-refractivity contribution in [2.24, 2.45) is 10.7 Å². The van der Waals surface area contributed by atoms with E-state index in [0.717, 1.165) is 0 Å². The molecule has 4 heteroatoms. The van der Waals surface area contributed by atoms with E-state index in [4.69, 9.17) is 5.73 Å². The minimum Gasteiger partial charge on any atom is -0.322 e. The topological polar surface area (TPSA) is 58.7 Å². The minimum atomic E-state index is -0.215. The monoisotopic (exact) mass is 167 g/mol. The number of likely N-dealkylation sites (N-methyl/N-ethyl adjacent to an activating group) is 1. The lowest BCUT2D eigenvalue weighted by atomic mass is 10.3. The van der Waals surface area contributed by atoms with Crippen molar-refractivity contribution in [3.8, 4) is 0 Å². The molecule has 1 rings (SSSR count). The molecule has 0 saturated heterocycles. The summed E-state index contributed by atoms with van der Waals surface area (Å²) in [6.07, 6.45) is 0. The minimum absolute atomic E-state index is 0.134. The zero-order valence-corrected chi connectivity index (χ0v) is 7.37. The van der Waals surface area contributed by atoms with E-state index in [9.17, 15) is 4.79 Å². The first-order valence-electron chi connectivity index (χ1n) is 3.92. The van der Waals surface area contributed by atoms with Crippen LogP contribution in [0.15, 0.2) is 17.3 Å². The molecule has 1 aliphatic rings. The molecule has 0 aliphatic carbocycles. The van der Waals surface area contributed by atoms with Crippen LogP contribution in [0.2, 0.25) is 0 Å². The number of aliphatic imine (C=N–C) groups is 1. The fourth-order valence-corrected chi connectivity index (χ4v) is 1.16. The van der Waals surface area contributed by atoms with Crippen LogP contribution in [0, 0.1) is 0 Å². The highest BCUT2D eigenvalue weighted by atomic mass is 16.2. The van der Waals surface area contributed by atoms with E-state index >= 15 is 0 Å². The van der Waals surface area contributed by atoms with Crippen LogP contribution < -0.4 is 5.73 Å². The summed E-state index contributed by atoms with van der Waals surface area (Å²) in [7, 11) is 0. The van der Waals surface area contributed by atoms with Crippen molar-refractivity contribution in [1.29, 1.82) is 0 Å². The van der Waals surface area contributed by atoms with Crippen molar-refractivity contribution in [3.63, 3.8) is 0 Å². The zero-order chi connectivity index (χ0) is 9.30. The van der Waals surface area contributed by atoms with Gasteiger partial charge in [0.2, 0.25) is 0 Å². The van der Waals surface area contributed by atoms with Gasteiger partial charge in [0.15, 0.2) is 0 Å². The Labute approximate surface area is 71.8 Å². The van der Waals surface area contributed by atoms with Crippen LogP contribution in [0.5, 0.6) is 0 Å². The Hall–Kier alpha value is -1.16. The summed E-state index contributed by atoms with van der Waals surface area (Å²) in [6.45, 7) is 7.81. The van der Waals surface area contributed by atoms with E-state index in [1.54, 1.807) is 11.8 Å². The van der Waals surface area contributed by atoms with Gasteiger partial charge in [0.25, 0.3) is 5.91 Å². The maximum Gasteiger partial charge on any atom is 0.277 e. The van der Waals surface area contributed by atoms with Crippen LogP contribution in [-0.4, -0.2) is 29.2 Å². The second-order valence-electron chi connectivity index (χ2n) is 2.75. The fourth-order valence-electron chi connectivity index (χ4n) is 1.16. The van der Waals surface area contributed by atoms with E-state index < -0.39 is 0 Å². The maximum absolute atomic E-state index is 11.3. The van der Waals surface area contributed by atoms with Crippen LogP contribution in [-0.2, 0) is 4.79 Å². The average molecular weight is 167 g/mol. The maximum atomic E-state index is 11.3. The molecular formula is C8H13N3O. The second kappa shape index (κ2) is 3.06. The molecule has 0 aromatic heterocycles. The van der Waals surface area contributed by atoms with Crippen molar-refractivity contribution in [3.05, 3.63) is 12.3 Å². The lowest BCUT2D eigenvalue weighted by Crippen LogP contribution is -2.41. The molecule has 0 spiro atoms. The van der Waals surface area contributed by atoms with E-state index in [1.165, 1.54) is 0 Å². The highest BCUT2D eigenvalue weighted by molar-refractivity contribution is 6.13. The first-order valence-corrected chi connectivity index (χ1v) is 3.92. The molecule has 0 radical (unpaired) electrons. The van der Waals surface area contributed by atoms with Crippen LogP contribution in [0.3, 0.4) is 0 Å². The molecule has 1 amide bonds. The van der Waals surface area contributed by atoms with E-state index in [2.05, 4.69) is 11.6 Å². The molecule has 1 atom stereocenters. The Morgan fingerprint density at radius 3 is 2.67 bits per heavy atom. The molecule has 0 aromatic rings. The lowest BCUT2D eigenvalue weighted by Gasteiger charge is -2.17. The van der Waals surface area contributed by atoms with Crippen LogP contribution in [0.4, 0.5) is 0 Å². The molecule has 2 N–H and O–H groups in total. The SMILES string of the molecule is C=C1N=C(C(C)N)N(CC)C1=O. The number of amidine groups is 1. The molecule has 66 valence electrons. The van der Waals surface area contributed by atoms with Crippen LogP contribution in [0.1, 0.15) is 13.8 Å². The number of carbonyl (C=O) groups excluding carboxylic acids is 1. The lowest BCUT2D eigenvalue weighted by molar-refractivity contribution is -0.122. The third kappa shape index (κ3) is 1.25. The summed E-state index contributed by atoms with van der Waals surface area (Å²) in [5.74, 6) is 0.484. The zero-order valence-electron chi connectivity index (χ0n) is 7.37. The molecule has 0 saturated carbocycles. The number of carbonyl (C=O) groups is 1. The summed E-state index contributed by atoms with van der Waals surface area (Å²) < 4.78 is 0. The van der Waals surface area contributed by atoms with E-state index in [0.29, 0.717) is 12.4 Å². The van der Waals surface area contributed by atoms with Gasteiger partial charge in [0.05, 0.1) is 6.04 Å². The summed E-state index contributed by atoms with van der Waals surface area (Å²) in [6, 6.07) is -0.215. The largest absolute Gasteiger partial charge is 0.322 e. The van der Waals surface area contributed by atoms with Gasteiger partial charge in [-0.3, -0.25) is 9.69 Å². The number of amides is 1. The number of hydrogen-bond donors (Lipinski definition) is 1. The summed E-state index contributed by atoms with van der Waals surface area (Å²) in [5.41, 5.74) is 5.90. The predicted octanol–water partition coefficient (Wildman–Crippen LogP) is 0.108.